The van der Waals surface area contributed by atoms with Gasteiger partial charge < -0.3 is 10.5 Å². The number of hydrogen-bond donors (Lipinski definition) is 1. The lowest BCUT2D eigenvalue weighted by Crippen LogP contribution is -2.05. The first-order chi connectivity index (χ1) is 6.99. The van der Waals surface area contributed by atoms with Gasteiger partial charge in [-0.15, -0.1) is 0 Å². The molecule has 1 aromatic carbocycles. The first kappa shape index (κ1) is 11.4. The lowest BCUT2D eigenvalue weighted by Gasteiger charge is -2.08. The van der Waals surface area contributed by atoms with Crippen LogP contribution < -0.4 is 10.5 Å². The van der Waals surface area contributed by atoms with Crippen LogP contribution in [0.2, 0.25) is 0 Å². The second kappa shape index (κ2) is 4.72. The maximum atomic E-state index is 11.9. The van der Waals surface area contributed by atoms with Crippen molar-refractivity contribution < 1.29 is 18.3 Å². The van der Waals surface area contributed by atoms with E-state index >= 15 is 0 Å². The van der Waals surface area contributed by atoms with Crippen LogP contribution in [0.1, 0.15) is 12.5 Å². The van der Waals surface area contributed by atoms with Crippen molar-refractivity contribution >= 4 is 11.5 Å². The van der Waals surface area contributed by atoms with E-state index in [4.69, 9.17) is 5.73 Å². The number of benzene rings is 1. The minimum absolute atomic E-state index is 0.0167. The van der Waals surface area contributed by atoms with Gasteiger partial charge in [0.2, 0.25) is 0 Å². The van der Waals surface area contributed by atoms with Gasteiger partial charge in [0.1, 0.15) is 11.5 Å². The van der Waals surface area contributed by atoms with Gasteiger partial charge in [0.05, 0.1) is 5.69 Å². The summed E-state index contributed by atoms with van der Waals surface area (Å²) in [5, 5.41) is 0. The zero-order valence-electron chi connectivity index (χ0n) is 8.17. The summed E-state index contributed by atoms with van der Waals surface area (Å²) in [4.78, 5) is 10.8. The molecule has 2 N–H and O–H groups in total. The Labute approximate surface area is 85.8 Å². The number of ether oxygens (including phenoxy) is 1. The van der Waals surface area contributed by atoms with Crippen molar-refractivity contribution in [3.63, 3.8) is 0 Å². The van der Waals surface area contributed by atoms with Crippen molar-refractivity contribution in [2.75, 3.05) is 5.73 Å². The standard InChI is InChI=1S/C10H11F2NO2/c1-6(14)4-7-2-3-9(8(13)5-7)15-10(11)12/h2-3,5,10H,4,13H2,1H3. The minimum Gasteiger partial charge on any atom is -0.433 e. The van der Waals surface area contributed by atoms with Crippen molar-refractivity contribution in [1.82, 2.24) is 0 Å². The molecule has 15 heavy (non-hydrogen) atoms. The van der Waals surface area contributed by atoms with Crippen molar-refractivity contribution in [3.8, 4) is 5.75 Å². The van der Waals surface area contributed by atoms with Crippen LogP contribution >= 0.6 is 0 Å². The molecule has 0 fully saturated rings. The van der Waals surface area contributed by atoms with Crippen molar-refractivity contribution in [2.24, 2.45) is 0 Å². The van der Waals surface area contributed by atoms with Crippen LogP contribution in [0, 0.1) is 0 Å². The summed E-state index contributed by atoms with van der Waals surface area (Å²) >= 11 is 0. The second-order valence-electron chi connectivity index (χ2n) is 3.13. The Morgan fingerprint density at radius 3 is 2.67 bits per heavy atom. The molecule has 0 aliphatic rings. The molecule has 0 amide bonds. The summed E-state index contributed by atoms with van der Waals surface area (Å²) in [6.07, 6.45) is 0.235. The molecule has 5 heteroatoms. The van der Waals surface area contributed by atoms with E-state index in [-0.39, 0.29) is 23.6 Å². The predicted octanol–water partition coefficient (Wildman–Crippen LogP) is 2.00. The van der Waals surface area contributed by atoms with Gasteiger partial charge in [-0.2, -0.15) is 8.78 Å². The van der Waals surface area contributed by atoms with Gasteiger partial charge in [-0.25, -0.2) is 0 Å². The van der Waals surface area contributed by atoms with Gasteiger partial charge in [-0.05, 0) is 24.6 Å². The average Bonchev–Trinajstić information content (AvgIpc) is 2.08. The molecule has 0 radical (unpaired) electrons. The topological polar surface area (TPSA) is 52.3 Å². The highest BCUT2D eigenvalue weighted by Gasteiger charge is 2.08. The number of rotatable bonds is 4. The zero-order valence-corrected chi connectivity index (χ0v) is 8.17. The Balaban J connectivity index is 2.83. The number of halogens is 2. The molecule has 0 aliphatic carbocycles. The normalized spacial score (nSPS) is 10.4. The number of alkyl halides is 2. The third-order valence-electron chi connectivity index (χ3n) is 1.74. The summed E-state index contributed by atoms with van der Waals surface area (Å²) < 4.78 is 27.9. The molecule has 0 atom stereocenters. The summed E-state index contributed by atoms with van der Waals surface area (Å²) in [6, 6.07) is 4.33. The molecule has 0 bridgehead atoms. The molecule has 0 unspecified atom stereocenters. The molecular formula is C10H11F2NO2. The SMILES string of the molecule is CC(=O)Cc1ccc(OC(F)F)c(N)c1. The van der Waals surface area contributed by atoms with E-state index in [1.807, 2.05) is 0 Å². The summed E-state index contributed by atoms with van der Waals surface area (Å²) in [6.45, 7) is -1.45. The number of carbonyl (C=O) groups is 1. The number of carbonyl (C=O) groups excluding carboxylic acids is 1. The highest BCUT2D eigenvalue weighted by Crippen LogP contribution is 2.24. The fourth-order valence-electron chi connectivity index (χ4n) is 1.20. The van der Waals surface area contributed by atoms with Gasteiger partial charge in [0.15, 0.2) is 0 Å². The van der Waals surface area contributed by atoms with E-state index in [2.05, 4.69) is 4.74 Å². The molecule has 0 spiro atoms. The Hall–Kier alpha value is -1.65. The second-order valence-corrected chi connectivity index (χ2v) is 3.13. The number of hydrogen-bond acceptors (Lipinski definition) is 3. The number of Topliss-reactive ketones (excluding diaryl/α,β-unsaturated/α-hetero) is 1. The molecule has 3 nitrogen and oxygen atoms in total. The van der Waals surface area contributed by atoms with Crippen molar-refractivity contribution in [2.45, 2.75) is 20.0 Å². The van der Waals surface area contributed by atoms with Crippen LogP contribution in [0.4, 0.5) is 14.5 Å². The maximum absolute atomic E-state index is 11.9. The Bertz CT molecular complexity index is 366. The van der Waals surface area contributed by atoms with E-state index in [0.29, 0.717) is 5.56 Å². The molecule has 0 aromatic heterocycles. The quantitative estimate of drug-likeness (QED) is 0.781. The van der Waals surface area contributed by atoms with Crippen molar-refractivity contribution in [3.05, 3.63) is 23.8 Å². The molecule has 0 saturated heterocycles. The smallest absolute Gasteiger partial charge is 0.387 e. The summed E-state index contributed by atoms with van der Waals surface area (Å²) in [5.41, 5.74) is 6.26. The van der Waals surface area contributed by atoms with E-state index in [0.717, 1.165) is 0 Å². The van der Waals surface area contributed by atoms with Gasteiger partial charge in [0, 0.05) is 6.42 Å². The average molecular weight is 215 g/mol. The number of nitrogen functional groups attached to an aromatic ring is 1. The molecule has 0 heterocycles. The fraction of sp³-hybridized carbons (Fsp3) is 0.300. The molecule has 1 aromatic rings. The number of ketones is 1. The lowest BCUT2D eigenvalue weighted by molar-refractivity contribution is -0.116. The molecule has 82 valence electrons. The number of nitrogens with two attached hydrogens (primary N) is 1. The van der Waals surface area contributed by atoms with E-state index in [9.17, 15) is 13.6 Å². The third-order valence-corrected chi connectivity index (χ3v) is 1.74. The van der Waals surface area contributed by atoms with Gasteiger partial charge in [-0.3, -0.25) is 4.79 Å². The first-order valence-corrected chi connectivity index (χ1v) is 4.31. The lowest BCUT2D eigenvalue weighted by atomic mass is 10.1. The maximum Gasteiger partial charge on any atom is 0.387 e. The first-order valence-electron chi connectivity index (χ1n) is 4.31. The van der Waals surface area contributed by atoms with Gasteiger partial charge in [-0.1, -0.05) is 6.07 Å². The molecule has 0 aliphatic heterocycles. The monoisotopic (exact) mass is 215 g/mol. The van der Waals surface area contributed by atoms with Crippen LogP contribution in [0.5, 0.6) is 5.75 Å². The largest absolute Gasteiger partial charge is 0.433 e. The Kier molecular flexibility index (Phi) is 3.60. The predicted molar refractivity (Wildman–Crippen MR) is 51.9 cm³/mol. The number of anilines is 1. The third kappa shape index (κ3) is 3.53. The van der Waals surface area contributed by atoms with E-state index in [1.54, 1.807) is 0 Å². The van der Waals surface area contributed by atoms with Crippen LogP contribution in [-0.4, -0.2) is 12.4 Å². The van der Waals surface area contributed by atoms with Crippen LogP contribution in [0.15, 0.2) is 18.2 Å². The van der Waals surface area contributed by atoms with E-state index in [1.165, 1.54) is 25.1 Å². The summed E-state index contributed by atoms with van der Waals surface area (Å²) in [7, 11) is 0. The molecular weight excluding hydrogens is 204 g/mol. The fourth-order valence-corrected chi connectivity index (χ4v) is 1.20. The molecule has 1 rings (SSSR count). The highest BCUT2D eigenvalue weighted by atomic mass is 19.3. The van der Waals surface area contributed by atoms with Crippen LogP contribution in [-0.2, 0) is 11.2 Å². The minimum atomic E-state index is -2.90. The summed E-state index contributed by atoms with van der Waals surface area (Å²) in [5.74, 6) is -0.0887. The zero-order chi connectivity index (χ0) is 11.4. The van der Waals surface area contributed by atoms with Gasteiger partial charge in [0.25, 0.3) is 0 Å². The Morgan fingerprint density at radius 2 is 2.20 bits per heavy atom. The van der Waals surface area contributed by atoms with Crippen molar-refractivity contribution in [1.29, 1.82) is 0 Å². The Morgan fingerprint density at radius 1 is 1.53 bits per heavy atom. The molecule has 0 saturated carbocycles. The van der Waals surface area contributed by atoms with Crippen LogP contribution in [0.25, 0.3) is 0 Å². The van der Waals surface area contributed by atoms with Gasteiger partial charge >= 0.3 is 6.61 Å². The highest BCUT2D eigenvalue weighted by molar-refractivity contribution is 5.78. The van der Waals surface area contributed by atoms with E-state index < -0.39 is 6.61 Å². The van der Waals surface area contributed by atoms with Crippen LogP contribution in [0.3, 0.4) is 0 Å².